The molecule has 1 saturated heterocycles. The second-order valence-electron chi connectivity index (χ2n) is 9.45. The summed E-state index contributed by atoms with van der Waals surface area (Å²) in [6, 6.07) is 6.88. The van der Waals surface area contributed by atoms with E-state index in [1.807, 2.05) is 11.0 Å². The number of aliphatic imine (C=N–C) groups is 1. The highest BCUT2D eigenvalue weighted by molar-refractivity contribution is 6.36. The van der Waals surface area contributed by atoms with Gasteiger partial charge in [-0.3, -0.25) is 9.79 Å². The maximum absolute atomic E-state index is 14.9. The van der Waals surface area contributed by atoms with E-state index in [2.05, 4.69) is 25.6 Å². The average Bonchev–Trinajstić information content (AvgIpc) is 3.37. The van der Waals surface area contributed by atoms with Gasteiger partial charge in [0.15, 0.2) is 0 Å². The van der Waals surface area contributed by atoms with E-state index in [1.165, 1.54) is 18.2 Å². The van der Waals surface area contributed by atoms with Crippen LogP contribution in [0.4, 0.5) is 35.0 Å². The minimum Gasteiger partial charge on any atom is -0.377 e. The lowest BCUT2D eigenvalue weighted by atomic mass is 9.94. The van der Waals surface area contributed by atoms with E-state index < -0.39 is 23.5 Å². The standard InChI is InChI=1S/C27H22F4N6O2/c1-14-7-21(28)22(35-25(38)15-3-2-4-17(8-15)27(29,30)31)10-19(14)20-9-16-11-33-26(34-18-12-39-13-18)36-23(16)37-6-5-32-24(20)37/h2-4,7-11,18H,5-6,12-13H2,1H3,(H,35,38)(H,33,34,36). The van der Waals surface area contributed by atoms with Gasteiger partial charge < -0.3 is 20.3 Å². The first-order valence-electron chi connectivity index (χ1n) is 12.2. The van der Waals surface area contributed by atoms with E-state index in [-0.39, 0.29) is 17.3 Å². The first-order chi connectivity index (χ1) is 18.7. The van der Waals surface area contributed by atoms with Gasteiger partial charge in [0.05, 0.1) is 37.1 Å². The third-order valence-corrected chi connectivity index (χ3v) is 6.71. The summed E-state index contributed by atoms with van der Waals surface area (Å²) in [5.41, 5.74) is 1.29. The van der Waals surface area contributed by atoms with Crippen LogP contribution < -0.4 is 15.5 Å². The molecule has 2 aromatic carbocycles. The maximum atomic E-state index is 14.9. The van der Waals surface area contributed by atoms with Crippen molar-refractivity contribution in [2.75, 3.05) is 41.8 Å². The number of alkyl halides is 3. The van der Waals surface area contributed by atoms with Crippen LogP contribution >= 0.6 is 0 Å². The Morgan fingerprint density at radius 2 is 2.00 bits per heavy atom. The molecule has 3 aliphatic rings. The molecule has 0 unspecified atom stereocenters. The lowest BCUT2D eigenvalue weighted by molar-refractivity contribution is -0.137. The predicted molar refractivity (Wildman–Crippen MR) is 138 cm³/mol. The summed E-state index contributed by atoms with van der Waals surface area (Å²) >= 11 is 0. The summed E-state index contributed by atoms with van der Waals surface area (Å²) < 4.78 is 59.4. The van der Waals surface area contributed by atoms with Gasteiger partial charge in [-0.2, -0.15) is 18.2 Å². The number of nitrogens with one attached hydrogen (secondary N) is 2. The molecule has 4 heterocycles. The van der Waals surface area contributed by atoms with Crippen LogP contribution in [-0.2, 0) is 10.9 Å². The fourth-order valence-corrected chi connectivity index (χ4v) is 4.66. The van der Waals surface area contributed by atoms with Gasteiger partial charge in [-0.25, -0.2) is 9.37 Å². The maximum Gasteiger partial charge on any atom is 0.416 e. The van der Waals surface area contributed by atoms with Crippen LogP contribution in [0.1, 0.15) is 32.6 Å². The SMILES string of the molecule is Cc1cc(F)c(NC(=O)c2cccc(C(F)(F)F)c2)cc1C1=Cc2cnc(NC3COC3)nc2N2CCN=C12. The molecule has 12 heteroatoms. The zero-order valence-electron chi connectivity index (χ0n) is 20.6. The van der Waals surface area contributed by atoms with Crippen molar-refractivity contribution in [3.8, 4) is 0 Å². The van der Waals surface area contributed by atoms with Crippen molar-refractivity contribution >= 4 is 40.8 Å². The summed E-state index contributed by atoms with van der Waals surface area (Å²) in [5.74, 6) is 0.276. The molecule has 1 fully saturated rings. The molecule has 0 spiro atoms. The lowest BCUT2D eigenvalue weighted by Crippen LogP contribution is -2.41. The van der Waals surface area contributed by atoms with Crippen molar-refractivity contribution in [3.05, 3.63) is 76.2 Å². The molecule has 1 amide bonds. The Bertz CT molecular complexity index is 1550. The molecule has 3 aromatic rings. The summed E-state index contributed by atoms with van der Waals surface area (Å²) in [6.07, 6.45) is -1.04. The Morgan fingerprint density at radius 3 is 2.74 bits per heavy atom. The van der Waals surface area contributed by atoms with E-state index in [1.54, 1.807) is 13.1 Å². The van der Waals surface area contributed by atoms with Crippen molar-refractivity contribution in [2.24, 2.45) is 4.99 Å². The normalized spacial score (nSPS) is 16.6. The fourth-order valence-electron chi connectivity index (χ4n) is 4.66. The van der Waals surface area contributed by atoms with Gasteiger partial charge in [0.2, 0.25) is 5.95 Å². The number of anilines is 3. The molecule has 0 saturated carbocycles. The van der Waals surface area contributed by atoms with E-state index in [4.69, 9.17) is 4.74 Å². The van der Waals surface area contributed by atoms with Crippen molar-refractivity contribution < 1.29 is 27.1 Å². The zero-order valence-corrected chi connectivity index (χ0v) is 20.6. The molecule has 1 aromatic heterocycles. The number of aryl methyl sites for hydroxylation is 1. The molecule has 39 heavy (non-hydrogen) atoms. The van der Waals surface area contributed by atoms with Gasteiger partial charge in [-0.05, 0) is 54.5 Å². The molecule has 8 nitrogen and oxygen atoms in total. The van der Waals surface area contributed by atoms with Crippen molar-refractivity contribution in [1.82, 2.24) is 9.97 Å². The van der Waals surface area contributed by atoms with Crippen LogP contribution in [0.3, 0.4) is 0 Å². The summed E-state index contributed by atoms with van der Waals surface area (Å²) in [4.78, 5) is 28.5. The van der Waals surface area contributed by atoms with Crippen LogP contribution in [0.25, 0.3) is 11.6 Å². The molecular formula is C27H22F4N6O2. The van der Waals surface area contributed by atoms with Gasteiger partial charge in [0, 0.05) is 29.4 Å². The van der Waals surface area contributed by atoms with Gasteiger partial charge in [-0.1, -0.05) is 6.07 Å². The number of ether oxygens (including phenoxy) is 1. The van der Waals surface area contributed by atoms with Crippen molar-refractivity contribution in [2.45, 2.75) is 19.1 Å². The Hall–Kier alpha value is -4.32. The third kappa shape index (κ3) is 4.71. The van der Waals surface area contributed by atoms with Crippen LogP contribution in [0, 0.1) is 12.7 Å². The van der Waals surface area contributed by atoms with Gasteiger partial charge in [0.1, 0.15) is 17.5 Å². The number of carbonyl (C=O) groups excluding carboxylic acids is 1. The van der Waals surface area contributed by atoms with E-state index in [9.17, 15) is 22.4 Å². The Labute approximate surface area is 220 Å². The molecule has 0 bridgehead atoms. The number of carbonyl (C=O) groups is 1. The summed E-state index contributed by atoms with van der Waals surface area (Å²) in [6.45, 7) is 4.06. The molecule has 200 valence electrons. The molecule has 2 N–H and O–H groups in total. The lowest BCUT2D eigenvalue weighted by Gasteiger charge is -2.30. The van der Waals surface area contributed by atoms with E-state index >= 15 is 0 Å². The zero-order chi connectivity index (χ0) is 27.3. The van der Waals surface area contributed by atoms with Gasteiger partial charge in [0.25, 0.3) is 5.91 Å². The highest BCUT2D eigenvalue weighted by atomic mass is 19.4. The van der Waals surface area contributed by atoms with Crippen molar-refractivity contribution in [3.63, 3.8) is 0 Å². The molecule has 0 aliphatic carbocycles. The second kappa shape index (κ2) is 9.45. The number of nitrogens with zero attached hydrogens (tertiary/aromatic N) is 4. The number of hydrogen-bond acceptors (Lipinski definition) is 7. The van der Waals surface area contributed by atoms with E-state index in [0.717, 1.165) is 23.8 Å². The number of hydrogen-bond donors (Lipinski definition) is 2. The number of amides is 1. The number of amidine groups is 1. The fraction of sp³-hybridized carbons (Fsp3) is 0.259. The molecule has 0 atom stereocenters. The number of aromatic nitrogens is 2. The van der Waals surface area contributed by atoms with E-state index in [0.29, 0.717) is 60.6 Å². The Morgan fingerprint density at radius 1 is 1.18 bits per heavy atom. The largest absolute Gasteiger partial charge is 0.416 e. The molecule has 6 rings (SSSR count). The quantitative estimate of drug-likeness (QED) is 0.455. The van der Waals surface area contributed by atoms with Gasteiger partial charge >= 0.3 is 6.18 Å². The molecular weight excluding hydrogens is 516 g/mol. The summed E-state index contributed by atoms with van der Waals surface area (Å²) in [5, 5.41) is 5.66. The Kier molecular flexibility index (Phi) is 6.06. The number of benzene rings is 2. The van der Waals surface area contributed by atoms with Crippen LogP contribution in [0.2, 0.25) is 0 Å². The van der Waals surface area contributed by atoms with Crippen LogP contribution in [0.15, 0.2) is 47.6 Å². The second-order valence-corrected chi connectivity index (χ2v) is 9.45. The minimum absolute atomic E-state index is 0.159. The number of halogens is 4. The molecule has 3 aliphatic heterocycles. The smallest absolute Gasteiger partial charge is 0.377 e. The Balaban J connectivity index is 1.33. The minimum atomic E-state index is -4.61. The first kappa shape index (κ1) is 25.0. The first-order valence-corrected chi connectivity index (χ1v) is 12.2. The topological polar surface area (TPSA) is 91.7 Å². The van der Waals surface area contributed by atoms with Gasteiger partial charge in [-0.15, -0.1) is 0 Å². The molecule has 0 radical (unpaired) electrons. The third-order valence-electron chi connectivity index (χ3n) is 6.71. The van der Waals surface area contributed by atoms with Crippen LogP contribution in [0.5, 0.6) is 0 Å². The highest BCUT2D eigenvalue weighted by Gasteiger charge is 2.33. The highest BCUT2D eigenvalue weighted by Crippen LogP contribution is 2.38. The van der Waals surface area contributed by atoms with Crippen molar-refractivity contribution in [1.29, 1.82) is 0 Å². The summed E-state index contributed by atoms with van der Waals surface area (Å²) in [7, 11) is 0. The average molecular weight is 539 g/mol. The van der Waals surface area contributed by atoms with Crippen LogP contribution in [-0.4, -0.2) is 54.1 Å². The number of fused-ring (bicyclic) bond motifs is 3. The number of rotatable bonds is 5. The predicted octanol–water partition coefficient (Wildman–Crippen LogP) is 4.78. The monoisotopic (exact) mass is 538 g/mol.